The quantitative estimate of drug-likeness (QED) is 0.197. The van der Waals surface area contributed by atoms with Crippen molar-refractivity contribution in [2.24, 2.45) is 0 Å². The molecular formula is C39H28N2S. The first-order valence-corrected chi connectivity index (χ1v) is 15.6. The average molecular weight is 557 g/mol. The Morgan fingerprint density at radius 1 is 0.548 bits per heavy atom. The second kappa shape index (κ2) is 8.64. The Morgan fingerprint density at radius 3 is 2.14 bits per heavy atom. The first-order chi connectivity index (χ1) is 20.9. The van der Waals surface area contributed by atoms with Gasteiger partial charge in [-0.05, 0) is 52.6 Å². The summed E-state index contributed by atoms with van der Waals surface area (Å²) in [6.45, 7) is 4.00. The molecule has 0 fully saturated rings. The number of H-pyrrole nitrogens is 1. The van der Waals surface area contributed by atoms with E-state index in [1.165, 1.54) is 81.3 Å². The van der Waals surface area contributed by atoms with Gasteiger partial charge in [0.15, 0.2) is 0 Å². The topological polar surface area (TPSA) is 20.7 Å². The maximum atomic E-state index is 3.70. The van der Waals surface area contributed by atoms with Gasteiger partial charge in [-0.1, -0.05) is 123 Å². The highest BCUT2D eigenvalue weighted by Crippen LogP contribution is 2.61. The van der Waals surface area contributed by atoms with Crippen molar-refractivity contribution >= 4 is 55.4 Å². The summed E-state index contributed by atoms with van der Waals surface area (Å²) < 4.78 is 2.51. The maximum absolute atomic E-state index is 3.70. The van der Waals surface area contributed by atoms with Crippen molar-refractivity contribution in [3.05, 3.63) is 150 Å². The zero-order valence-corrected chi connectivity index (χ0v) is 24.3. The molecule has 3 heteroatoms. The molecule has 42 heavy (non-hydrogen) atoms. The van der Waals surface area contributed by atoms with Gasteiger partial charge in [0, 0.05) is 42.4 Å². The largest absolute Gasteiger partial charge is 0.354 e. The summed E-state index contributed by atoms with van der Waals surface area (Å²) >= 11 is 1.92. The fourth-order valence-electron chi connectivity index (χ4n) is 7.71. The maximum Gasteiger partial charge on any atom is 0.0764 e. The van der Waals surface area contributed by atoms with E-state index in [2.05, 4.69) is 137 Å². The monoisotopic (exact) mass is 556 g/mol. The number of hydrogen-bond donors (Lipinski definition) is 1. The number of fused-ring (bicyclic) bond motifs is 15. The van der Waals surface area contributed by atoms with Gasteiger partial charge in [-0.25, -0.2) is 0 Å². The first kappa shape index (κ1) is 23.9. The van der Waals surface area contributed by atoms with Crippen molar-refractivity contribution in [1.82, 2.24) is 9.55 Å². The molecule has 0 aliphatic carbocycles. The Morgan fingerprint density at radius 2 is 1.24 bits per heavy atom. The predicted molar refractivity (Wildman–Crippen MR) is 177 cm³/mol. The number of aromatic nitrogens is 2. The number of aromatic amines is 1. The lowest BCUT2D eigenvalue weighted by Crippen LogP contribution is -2.37. The highest BCUT2D eigenvalue weighted by molar-refractivity contribution is 7.99. The van der Waals surface area contributed by atoms with Crippen molar-refractivity contribution in [2.75, 3.05) is 0 Å². The van der Waals surface area contributed by atoms with E-state index in [1.54, 1.807) is 0 Å². The van der Waals surface area contributed by atoms with Crippen molar-refractivity contribution in [2.45, 2.75) is 29.1 Å². The number of nitrogens with one attached hydrogen (secondary N) is 1. The molecule has 6 aromatic carbocycles. The Bertz CT molecular complexity index is 2370. The molecule has 2 aliphatic rings. The van der Waals surface area contributed by atoms with Crippen molar-refractivity contribution < 1.29 is 0 Å². The molecule has 0 radical (unpaired) electrons. The molecule has 1 N–H and O–H groups in total. The fourth-order valence-corrected chi connectivity index (χ4v) is 9.06. The minimum Gasteiger partial charge on any atom is -0.354 e. The first-order valence-electron chi connectivity index (χ1n) is 14.8. The number of nitrogens with zero attached hydrogens (tertiary/aromatic N) is 1. The van der Waals surface area contributed by atoms with Crippen LogP contribution >= 0.6 is 11.8 Å². The lowest BCUT2D eigenvalue weighted by Gasteiger charge is -2.45. The third kappa shape index (κ3) is 2.77. The zero-order chi connectivity index (χ0) is 28.0. The number of para-hydroxylation sites is 4. The molecule has 2 aromatic heterocycles. The second-order valence-electron chi connectivity index (χ2n) is 11.0. The van der Waals surface area contributed by atoms with Crippen molar-refractivity contribution in [1.29, 1.82) is 0 Å². The third-order valence-electron chi connectivity index (χ3n) is 9.18. The Labute approximate surface area is 248 Å². The van der Waals surface area contributed by atoms with Crippen LogP contribution in [0.2, 0.25) is 0 Å². The molecule has 1 spiro atoms. The van der Waals surface area contributed by atoms with Gasteiger partial charge in [-0.15, -0.1) is 0 Å². The summed E-state index contributed by atoms with van der Waals surface area (Å²) in [5, 5.41) is 5.22. The third-order valence-corrected chi connectivity index (χ3v) is 10.4. The van der Waals surface area contributed by atoms with Crippen LogP contribution < -0.4 is 0 Å². The summed E-state index contributed by atoms with van der Waals surface area (Å²) in [6, 6.07) is 47.4. The van der Waals surface area contributed by atoms with E-state index in [4.69, 9.17) is 0 Å². The molecular weight excluding hydrogens is 529 g/mol. The molecule has 1 unspecified atom stereocenters. The van der Waals surface area contributed by atoms with E-state index < -0.39 is 5.41 Å². The molecule has 10 rings (SSSR count). The van der Waals surface area contributed by atoms with E-state index in [-0.39, 0.29) is 0 Å². The van der Waals surface area contributed by atoms with Gasteiger partial charge >= 0.3 is 0 Å². The van der Waals surface area contributed by atoms with E-state index in [9.17, 15) is 0 Å². The summed E-state index contributed by atoms with van der Waals surface area (Å²) in [5.41, 5.74) is 11.2. The molecule has 200 valence electrons. The standard InChI is InChI=1S/C37H22N2S.C2H6/c1-5-16-29-24(11-1)34-30(38-29)21-20-28-36(34)40-33-19-8-4-14-26(33)37(28)25-13-3-7-18-32(25)39-31-17-6-2-10-22(31)23-12-9-15-27(37)35(23)39;1-2/h1-21,38H;1-2H3. The molecule has 0 bridgehead atoms. The van der Waals surface area contributed by atoms with E-state index in [1.807, 2.05) is 25.6 Å². The minimum absolute atomic E-state index is 0.440. The summed E-state index contributed by atoms with van der Waals surface area (Å²) in [4.78, 5) is 6.37. The van der Waals surface area contributed by atoms with Crippen LogP contribution in [-0.2, 0) is 5.41 Å². The van der Waals surface area contributed by atoms with E-state index in [0.717, 1.165) is 0 Å². The van der Waals surface area contributed by atoms with Crippen LogP contribution in [0.25, 0.3) is 49.3 Å². The fraction of sp³-hybridized carbons (Fsp3) is 0.0769. The summed E-state index contributed by atoms with van der Waals surface area (Å²) in [7, 11) is 0. The SMILES string of the molecule is CC.c1ccc2c(c1)Sc1c(ccc3[nH]c4ccccc4c13)C21c2ccccc2-n2c3ccccc3c3cccc1c32. The Hall–Kier alpha value is -4.73. The van der Waals surface area contributed by atoms with Gasteiger partial charge in [-0.2, -0.15) is 0 Å². The average Bonchev–Trinajstić information content (AvgIpc) is 3.61. The summed E-state index contributed by atoms with van der Waals surface area (Å²) in [5.74, 6) is 0. The molecule has 2 nitrogen and oxygen atoms in total. The van der Waals surface area contributed by atoms with Gasteiger partial charge < -0.3 is 9.55 Å². The smallest absolute Gasteiger partial charge is 0.0764 e. The van der Waals surface area contributed by atoms with Crippen LogP contribution in [0, 0.1) is 0 Å². The minimum atomic E-state index is -0.440. The molecule has 0 amide bonds. The van der Waals surface area contributed by atoms with Crippen molar-refractivity contribution in [3.8, 4) is 5.69 Å². The van der Waals surface area contributed by atoms with Gasteiger partial charge in [0.2, 0.25) is 0 Å². The van der Waals surface area contributed by atoms with Crippen LogP contribution in [0.4, 0.5) is 0 Å². The van der Waals surface area contributed by atoms with Crippen LogP contribution in [0.1, 0.15) is 36.1 Å². The number of hydrogen-bond acceptors (Lipinski definition) is 1. The van der Waals surface area contributed by atoms with Crippen LogP contribution in [-0.4, -0.2) is 9.55 Å². The van der Waals surface area contributed by atoms with Gasteiger partial charge in [0.05, 0.1) is 22.1 Å². The molecule has 2 aliphatic heterocycles. The Kier molecular flexibility index (Phi) is 4.92. The lowest BCUT2D eigenvalue weighted by molar-refractivity contribution is 0.692. The highest BCUT2D eigenvalue weighted by atomic mass is 32.2. The number of benzene rings is 6. The molecule has 8 aromatic rings. The second-order valence-corrected chi connectivity index (χ2v) is 12.0. The zero-order valence-electron chi connectivity index (χ0n) is 23.5. The molecule has 1 atom stereocenters. The predicted octanol–water partition coefficient (Wildman–Crippen LogP) is 10.6. The van der Waals surface area contributed by atoms with Crippen LogP contribution in [0.15, 0.2) is 137 Å². The molecule has 4 heterocycles. The van der Waals surface area contributed by atoms with Crippen molar-refractivity contribution in [3.63, 3.8) is 0 Å². The van der Waals surface area contributed by atoms with Gasteiger partial charge in [0.25, 0.3) is 0 Å². The molecule has 0 saturated carbocycles. The normalized spacial score (nSPS) is 16.3. The highest BCUT2D eigenvalue weighted by Gasteiger charge is 2.49. The molecule has 0 saturated heterocycles. The Balaban J connectivity index is 0.00000123. The van der Waals surface area contributed by atoms with Gasteiger partial charge in [-0.3, -0.25) is 0 Å². The van der Waals surface area contributed by atoms with Crippen LogP contribution in [0.3, 0.4) is 0 Å². The van der Waals surface area contributed by atoms with Crippen LogP contribution in [0.5, 0.6) is 0 Å². The van der Waals surface area contributed by atoms with E-state index >= 15 is 0 Å². The summed E-state index contributed by atoms with van der Waals surface area (Å²) in [6.07, 6.45) is 0. The van der Waals surface area contributed by atoms with E-state index in [0.29, 0.717) is 0 Å². The number of rotatable bonds is 0. The van der Waals surface area contributed by atoms with Gasteiger partial charge in [0.1, 0.15) is 0 Å². The lowest BCUT2D eigenvalue weighted by atomic mass is 9.62.